The van der Waals surface area contributed by atoms with Gasteiger partial charge in [0.15, 0.2) is 0 Å². The van der Waals surface area contributed by atoms with Crippen LogP contribution in [0.4, 0.5) is 13.2 Å². The summed E-state index contributed by atoms with van der Waals surface area (Å²) in [5, 5.41) is 0. The van der Waals surface area contributed by atoms with E-state index in [4.69, 9.17) is 13.3 Å². The predicted octanol–water partition coefficient (Wildman–Crippen LogP) is 3.62. The molecule has 0 aliphatic heterocycles. The van der Waals surface area contributed by atoms with E-state index in [0.717, 1.165) is 37.8 Å². The van der Waals surface area contributed by atoms with Crippen molar-refractivity contribution in [2.24, 2.45) is 0 Å². The molecule has 126 valence electrons. The zero-order valence-electron chi connectivity index (χ0n) is 13.0. The molecule has 0 bridgehead atoms. The average Bonchev–Trinajstić information content (AvgIpc) is 2.48. The molecular weight excluding hydrogens is 313 g/mol. The van der Waals surface area contributed by atoms with Gasteiger partial charge in [-0.1, -0.05) is 19.3 Å². The van der Waals surface area contributed by atoms with Gasteiger partial charge in [0.2, 0.25) is 0 Å². The van der Waals surface area contributed by atoms with Crippen molar-refractivity contribution in [1.82, 2.24) is 0 Å². The largest absolute Gasteiger partial charge is 0.483 e. The van der Waals surface area contributed by atoms with Gasteiger partial charge in [0.1, 0.15) is 17.5 Å². The molecule has 1 rings (SSSR count). The van der Waals surface area contributed by atoms with E-state index >= 15 is 0 Å². The Bertz CT molecular complexity index is 419. The van der Waals surface area contributed by atoms with E-state index in [2.05, 4.69) is 0 Å². The maximum atomic E-state index is 13.4. The number of hydrogen-bond donors (Lipinski definition) is 0. The van der Waals surface area contributed by atoms with E-state index in [1.165, 1.54) is 0 Å². The molecule has 0 radical (unpaired) electrons. The topological polar surface area (TPSA) is 27.7 Å². The summed E-state index contributed by atoms with van der Waals surface area (Å²) in [4.78, 5) is 0. The van der Waals surface area contributed by atoms with Gasteiger partial charge >= 0.3 is 9.53 Å². The first-order valence-electron chi connectivity index (χ1n) is 7.39. The molecule has 1 aromatic rings. The van der Waals surface area contributed by atoms with Crippen molar-refractivity contribution in [2.75, 3.05) is 20.8 Å². The minimum atomic E-state index is -1.93. The Morgan fingerprint density at radius 3 is 2.00 bits per heavy atom. The highest BCUT2D eigenvalue weighted by Gasteiger charge is 2.11. The molecule has 0 aromatic heterocycles. The fourth-order valence-electron chi connectivity index (χ4n) is 2.16. The van der Waals surface area contributed by atoms with E-state index in [9.17, 15) is 13.2 Å². The summed E-state index contributed by atoms with van der Waals surface area (Å²) in [7, 11) is 1.20. The zero-order chi connectivity index (χ0) is 16.4. The summed E-state index contributed by atoms with van der Waals surface area (Å²) in [6.45, 7) is 0.597. The smallest absolute Gasteiger partial charge is 0.379 e. The van der Waals surface area contributed by atoms with Crippen LogP contribution >= 0.6 is 0 Å². The van der Waals surface area contributed by atoms with Crippen molar-refractivity contribution in [3.63, 3.8) is 0 Å². The van der Waals surface area contributed by atoms with E-state index in [1.807, 2.05) is 0 Å². The van der Waals surface area contributed by atoms with Crippen LogP contribution in [-0.4, -0.2) is 30.4 Å². The van der Waals surface area contributed by atoms with Crippen LogP contribution in [-0.2, 0) is 19.7 Å². The zero-order valence-corrected chi connectivity index (χ0v) is 14.2. The molecule has 0 aliphatic rings. The Morgan fingerprint density at radius 1 is 0.864 bits per heavy atom. The predicted molar refractivity (Wildman–Crippen MR) is 80.2 cm³/mol. The molecule has 0 heterocycles. The fourth-order valence-corrected chi connectivity index (χ4v) is 2.98. The van der Waals surface area contributed by atoms with Crippen LogP contribution in [0.15, 0.2) is 12.1 Å². The Balaban J connectivity index is 2.11. The van der Waals surface area contributed by atoms with Crippen molar-refractivity contribution < 1.29 is 26.4 Å². The van der Waals surface area contributed by atoms with Crippen molar-refractivity contribution >= 4 is 9.53 Å². The number of unbranched alkanes of at least 4 members (excludes halogenated alkanes) is 4. The van der Waals surface area contributed by atoms with Crippen LogP contribution < -0.4 is 0 Å². The fraction of sp³-hybridized carbons (Fsp3) is 0.600. The lowest BCUT2D eigenvalue weighted by Gasteiger charge is -2.11. The van der Waals surface area contributed by atoms with Crippen molar-refractivity contribution in [2.45, 2.75) is 38.5 Å². The van der Waals surface area contributed by atoms with Crippen LogP contribution in [0.5, 0.6) is 0 Å². The molecule has 0 saturated carbocycles. The van der Waals surface area contributed by atoms with E-state index in [-0.39, 0.29) is 12.0 Å². The van der Waals surface area contributed by atoms with Gasteiger partial charge < -0.3 is 13.3 Å². The molecule has 1 aromatic carbocycles. The maximum absolute atomic E-state index is 13.4. The third-order valence-electron chi connectivity index (χ3n) is 3.32. The number of hydrogen-bond acceptors (Lipinski definition) is 3. The first-order chi connectivity index (χ1) is 10.6. The van der Waals surface area contributed by atoms with E-state index in [0.29, 0.717) is 13.0 Å². The molecule has 3 nitrogen and oxygen atoms in total. The van der Waals surface area contributed by atoms with Crippen molar-refractivity contribution in [3.05, 3.63) is 35.1 Å². The van der Waals surface area contributed by atoms with Crippen LogP contribution in [0.2, 0.25) is 0 Å². The standard InChI is InChI=1S/C15H23F3O3Si/c1-19-22(20-2)21-9-7-5-3-4-6-8-13-14(17)10-12(16)11-15(13)18/h10-11,22H,3-9H2,1-2H3. The maximum Gasteiger partial charge on any atom is 0.483 e. The molecule has 0 saturated heterocycles. The van der Waals surface area contributed by atoms with Gasteiger partial charge in [-0.2, -0.15) is 0 Å². The minimum Gasteiger partial charge on any atom is -0.379 e. The van der Waals surface area contributed by atoms with Crippen molar-refractivity contribution in [1.29, 1.82) is 0 Å². The molecule has 7 heteroatoms. The minimum absolute atomic E-state index is 0.0289. The molecule has 0 amide bonds. The number of rotatable bonds is 11. The Hall–Kier alpha value is -0.893. The molecule has 22 heavy (non-hydrogen) atoms. The normalized spacial score (nSPS) is 11.4. The molecule has 0 spiro atoms. The van der Waals surface area contributed by atoms with Gasteiger partial charge in [-0.15, -0.1) is 0 Å². The number of benzene rings is 1. The highest BCUT2D eigenvalue weighted by Crippen LogP contribution is 2.18. The first kappa shape index (κ1) is 19.2. The summed E-state index contributed by atoms with van der Waals surface area (Å²) in [5.41, 5.74) is -0.0289. The molecule has 0 aliphatic carbocycles. The lowest BCUT2D eigenvalue weighted by atomic mass is 10.0. The van der Waals surface area contributed by atoms with E-state index in [1.54, 1.807) is 14.2 Å². The second-order valence-electron chi connectivity index (χ2n) is 5.00. The summed E-state index contributed by atoms with van der Waals surface area (Å²) >= 11 is 0. The number of halogens is 3. The lowest BCUT2D eigenvalue weighted by molar-refractivity contribution is 0.133. The highest BCUT2D eigenvalue weighted by atomic mass is 28.3. The lowest BCUT2D eigenvalue weighted by Crippen LogP contribution is -2.24. The molecule has 0 unspecified atom stereocenters. The molecular formula is C15H23F3O3Si. The van der Waals surface area contributed by atoms with Crippen LogP contribution in [0, 0.1) is 17.5 Å². The monoisotopic (exact) mass is 336 g/mol. The summed E-state index contributed by atoms with van der Waals surface area (Å²) in [6.07, 6.45) is 4.66. The summed E-state index contributed by atoms with van der Waals surface area (Å²) < 4.78 is 55.1. The van der Waals surface area contributed by atoms with Crippen molar-refractivity contribution in [3.8, 4) is 0 Å². The highest BCUT2D eigenvalue weighted by molar-refractivity contribution is 6.36. The van der Waals surface area contributed by atoms with Gasteiger partial charge in [0.25, 0.3) is 0 Å². The third kappa shape index (κ3) is 6.91. The van der Waals surface area contributed by atoms with Crippen LogP contribution in [0.3, 0.4) is 0 Å². The summed E-state index contributed by atoms with van der Waals surface area (Å²) in [5.74, 6) is -2.49. The second kappa shape index (κ2) is 10.8. The Morgan fingerprint density at radius 2 is 1.41 bits per heavy atom. The van der Waals surface area contributed by atoms with Gasteiger partial charge in [-0.05, 0) is 19.3 Å². The van der Waals surface area contributed by atoms with Crippen LogP contribution in [0.1, 0.15) is 37.7 Å². The van der Waals surface area contributed by atoms with Crippen LogP contribution in [0.25, 0.3) is 0 Å². The van der Waals surface area contributed by atoms with Gasteiger partial charge in [0, 0.05) is 38.5 Å². The quantitative estimate of drug-likeness (QED) is 0.456. The van der Waals surface area contributed by atoms with Gasteiger partial charge in [-0.25, -0.2) is 13.2 Å². The summed E-state index contributed by atoms with van der Waals surface area (Å²) in [6, 6.07) is 1.45. The molecule has 0 fully saturated rings. The Labute approximate surface area is 131 Å². The van der Waals surface area contributed by atoms with Gasteiger partial charge in [0.05, 0.1) is 0 Å². The second-order valence-corrected chi connectivity index (χ2v) is 6.85. The molecule has 0 atom stereocenters. The van der Waals surface area contributed by atoms with E-state index < -0.39 is 27.0 Å². The molecule has 0 N–H and O–H groups in total. The first-order valence-corrected chi connectivity index (χ1v) is 8.80. The van der Waals surface area contributed by atoms with Gasteiger partial charge in [-0.3, -0.25) is 0 Å². The third-order valence-corrected chi connectivity index (χ3v) is 4.59. The SMILES string of the molecule is CO[SiH](OC)OCCCCCCCc1c(F)cc(F)cc1F. The Kier molecular flexibility index (Phi) is 9.38. The average molecular weight is 336 g/mol.